The second-order valence-corrected chi connectivity index (χ2v) is 6.06. The lowest BCUT2D eigenvalue weighted by atomic mass is 9.74. The van der Waals surface area contributed by atoms with Crippen molar-refractivity contribution in [2.24, 2.45) is 0 Å². The molecule has 104 valence electrons. The van der Waals surface area contributed by atoms with Crippen LogP contribution >= 0.6 is 0 Å². The Morgan fingerprint density at radius 1 is 1.11 bits per heavy atom. The molecule has 1 aliphatic carbocycles. The Balaban J connectivity index is 2.42. The van der Waals surface area contributed by atoms with Gasteiger partial charge in [0.1, 0.15) is 0 Å². The summed E-state index contributed by atoms with van der Waals surface area (Å²) in [5.41, 5.74) is 2.97. The highest BCUT2D eigenvalue weighted by Crippen LogP contribution is 2.36. The summed E-state index contributed by atoms with van der Waals surface area (Å²) in [6, 6.07) is 6.07. The van der Waals surface area contributed by atoms with Gasteiger partial charge in [0, 0.05) is 5.56 Å². The average molecular weight is 259 g/mol. The van der Waals surface area contributed by atoms with Gasteiger partial charge >= 0.3 is 0 Å². The number of nitrogens with zero attached hydrogens (tertiary/aromatic N) is 1. The van der Waals surface area contributed by atoms with Crippen LogP contribution in [0.5, 0.6) is 0 Å². The number of carbonyl (C=O) groups excluding carboxylic acids is 1. The van der Waals surface area contributed by atoms with Crippen LogP contribution in [0.2, 0.25) is 0 Å². The van der Waals surface area contributed by atoms with Crippen LogP contribution in [0.15, 0.2) is 18.2 Å². The molecule has 0 aromatic heterocycles. The summed E-state index contributed by atoms with van der Waals surface area (Å²) in [6.07, 6.45) is 5.57. The molecule has 0 bridgehead atoms. The molecule has 1 saturated carbocycles. The molecule has 0 amide bonds. The van der Waals surface area contributed by atoms with Crippen LogP contribution in [0.1, 0.15) is 53.6 Å². The monoisotopic (exact) mass is 259 g/mol. The molecule has 2 rings (SSSR count). The second kappa shape index (κ2) is 5.46. The lowest BCUT2D eigenvalue weighted by Crippen LogP contribution is -2.52. The molecule has 19 heavy (non-hydrogen) atoms. The molecule has 0 N–H and O–H groups in total. The molecule has 2 heteroatoms. The van der Waals surface area contributed by atoms with Crippen molar-refractivity contribution >= 4 is 5.78 Å². The van der Waals surface area contributed by atoms with Crippen molar-refractivity contribution in [2.75, 3.05) is 14.1 Å². The van der Waals surface area contributed by atoms with E-state index >= 15 is 0 Å². The number of hydrogen-bond acceptors (Lipinski definition) is 2. The van der Waals surface area contributed by atoms with E-state index in [1.807, 2.05) is 26.2 Å². The van der Waals surface area contributed by atoms with Gasteiger partial charge in [0.2, 0.25) is 0 Å². The molecular weight excluding hydrogens is 234 g/mol. The van der Waals surface area contributed by atoms with E-state index in [4.69, 9.17) is 0 Å². The fourth-order valence-corrected chi connectivity index (χ4v) is 3.26. The summed E-state index contributed by atoms with van der Waals surface area (Å²) in [6.45, 7) is 4.14. The molecular formula is C17H25NO. The number of Topliss-reactive ketones (excluding diaryl/α,β-unsaturated/α-hetero) is 1. The number of ketones is 1. The van der Waals surface area contributed by atoms with Crippen LogP contribution in [0.3, 0.4) is 0 Å². The van der Waals surface area contributed by atoms with Gasteiger partial charge in [-0.15, -0.1) is 0 Å². The largest absolute Gasteiger partial charge is 0.297 e. The minimum atomic E-state index is -0.281. The van der Waals surface area contributed by atoms with E-state index in [0.29, 0.717) is 5.78 Å². The summed E-state index contributed by atoms with van der Waals surface area (Å²) in [5.74, 6) is 0.318. The Morgan fingerprint density at radius 3 is 2.32 bits per heavy atom. The lowest BCUT2D eigenvalue weighted by molar-refractivity contribution is 0.0563. The summed E-state index contributed by atoms with van der Waals surface area (Å²) in [4.78, 5) is 15.2. The highest BCUT2D eigenvalue weighted by molar-refractivity contribution is 6.04. The van der Waals surface area contributed by atoms with E-state index in [-0.39, 0.29) is 5.54 Å². The SMILES string of the molecule is Cc1cccc(C(=O)C2(N(C)C)CCCCC2)c1C. The minimum Gasteiger partial charge on any atom is -0.297 e. The van der Waals surface area contributed by atoms with Crippen molar-refractivity contribution in [3.05, 3.63) is 34.9 Å². The first-order valence-electron chi connectivity index (χ1n) is 7.27. The Labute approximate surface area is 116 Å². The maximum atomic E-state index is 13.1. The van der Waals surface area contributed by atoms with Crippen LogP contribution in [-0.4, -0.2) is 30.3 Å². The zero-order valence-corrected chi connectivity index (χ0v) is 12.6. The molecule has 1 aromatic rings. The Hall–Kier alpha value is -1.15. The van der Waals surface area contributed by atoms with E-state index in [0.717, 1.165) is 36.8 Å². The first-order valence-corrected chi connectivity index (χ1v) is 7.27. The van der Waals surface area contributed by atoms with E-state index < -0.39 is 0 Å². The van der Waals surface area contributed by atoms with Crippen LogP contribution in [-0.2, 0) is 0 Å². The standard InChI is InChI=1S/C17H25NO/c1-13-9-8-10-15(14(13)2)16(19)17(18(3)4)11-6-5-7-12-17/h8-10H,5-7,11-12H2,1-4H3. The van der Waals surface area contributed by atoms with Gasteiger partial charge in [-0.3, -0.25) is 9.69 Å². The van der Waals surface area contributed by atoms with Crippen molar-refractivity contribution in [3.63, 3.8) is 0 Å². The summed E-state index contributed by atoms with van der Waals surface area (Å²) >= 11 is 0. The molecule has 0 aliphatic heterocycles. The average Bonchev–Trinajstić information content (AvgIpc) is 2.41. The Bertz CT molecular complexity index is 470. The smallest absolute Gasteiger partial charge is 0.183 e. The van der Waals surface area contributed by atoms with Crippen molar-refractivity contribution in [1.29, 1.82) is 0 Å². The number of benzene rings is 1. The quantitative estimate of drug-likeness (QED) is 0.771. The van der Waals surface area contributed by atoms with Crippen molar-refractivity contribution in [1.82, 2.24) is 4.90 Å². The predicted octanol–water partition coefficient (Wildman–Crippen LogP) is 3.75. The highest BCUT2D eigenvalue weighted by Gasteiger charge is 2.42. The number of aryl methyl sites for hydroxylation is 1. The zero-order valence-electron chi connectivity index (χ0n) is 12.6. The van der Waals surface area contributed by atoms with Gasteiger partial charge in [0.25, 0.3) is 0 Å². The molecule has 0 spiro atoms. The van der Waals surface area contributed by atoms with Crippen LogP contribution in [0.25, 0.3) is 0 Å². The molecule has 1 aromatic carbocycles. The summed E-state index contributed by atoms with van der Waals surface area (Å²) < 4.78 is 0. The van der Waals surface area contributed by atoms with E-state index in [1.165, 1.54) is 12.0 Å². The van der Waals surface area contributed by atoms with E-state index in [9.17, 15) is 4.79 Å². The predicted molar refractivity (Wildman–Crippen MR) is 79.7 cm³/mol. The molecule has 0 atom stereocenters. The lowest BCUT2D eigenvalue weighted by Gasteiger charge is -2.41. The van der Waals surface area contributed by atoms with Crippen LogP contribution in [0.4, 0.5) is 0 Å². The molecule has 1 aliphatic rings. The van der Waals surface area contributed by atoms with Crippen molar-refractivity contribution in [2.45, 2.75) is 51.5 Å². The maximum Gasteiger partial charge on any atom is 0.183 e. The van der Waals surface area contributed by atoms with Gasteiger partial charge in [-0.05, 0) is 51.9 Å². The number of carbonyl (C=O) groups is 1. The third-order valence-electron chi connectivity index (χ3n) is 4.81. The number of likely N-dealkylation sites (N-methyl/N-ethyl adjacent to an activating group) is 1. The fourth-order valence-electron chi connectivity index (χ4n) is 3.26. The number of rotatable bonds is 3. The van der Waals surface area contributed by atoms with Gasteiger partial charge in [0.15, 0.2) is 5.78 Å². The molecule has 2 nitrogen and oxygen atoms in total. The molecule has 0 unspecified atom stereocenters. The summed E-state index contributed by atoms with van der Waals surface area (Å²) in [5, 5.41) is 0. The fraction of sp³-hybridized carbons (Fsp3) is 0.588. The van der Waals surface area contributed by atoms with Gasteiger partial charge in [-0.25, -0.2) is 0 Å². The zero-order chi connectivity index (χ0) is 14.0. The van der Waals surface area contributed by atoms with Crippen molar-refractivity contribution < 1.29 is 4.79 Å². The second-order valence-electron chi connectivity index (χ2n) is 6.06. The summed E-state index contributed by atoms with van der Waals surface area (Å²) in [7, 11) is 4.10. The Kier molecular flexibility index (Phi) is 4.10. The first kappa shape index (κ1) is 14.3. The molecule has 0 radical (unpaired) electrons. The van der Waals surface area contributed by atoms with E-state index in [1.54, 1.807) is 0 Å². The Morgan fingerprint density at radius 2 is 1.74 bits per heavy atom. The van der Waals surface area contributed by atoms with Gasteiger partial charge in [-0.2, -0.15) is 0 Å². The highest BCUT2D eigenvalue weighted by atomic mass is 16.1. The van der Waals surface area contributed by atoms with Crippen LogP contribution < -0.4 is 0 Å². The van der Waals surface area contributed by atoms with Crippen molar-refractivity contribution in [3.8, 4) is 0 Å². The normalized spacial score (nSPS) is 18.6. The third kappa shape index (κ3) is 2.46. The van der Waals surface area contributed by atoms with Gasteiger partial charge in [0.05, 0.1) is 5.54 Å². The third-order valence-corrected chi connectivity index (χ3v) is 4.81. The van der Waals surface area contributed by atoms with Gasteiger partial charge < -0.3 is 0 Å². The molecule has 0 heterocycles. The maximum absolute atomic E-state index is 13.1. The van der Waals surface area contributed by atoms with E-state index in [2.05, 4.69) is 24.8 Å². The van der Waals surface area contributed by atoms with Crippen LogP contribution in [0, 0.1) is 13.8 Å². The van der Waals surface area contributed by atoms with Gasteiger partial charge in [-0.1, -0.05) is 37.5 Å². The topological polar surface area (TPSA) is 20.3 Å². The number of hydrogen-bond donors (Lipinski definition) is 0. The first-order chi connectivity index (χ1) is 8.99. The molecule has 1 fully saturated rings. The minimum absolute atomic E-state index is 0.281. The molecule has 0 saturated heterocycles.